The van der Waals surface area contributed by atoms with Crippen LogP contribution in [0.3, 0.4) is 0 Å². The van der Waals surface area contributed by atoms with Crippen molar-refractivity contribution in [1.82, 2.24) is 10.3 Å². The molecule has 2 aromatic heterocycles. The Kier molecular flexibility index (Phi) is 4.37. The molecule has 0 aliphatic rings. The van der Waals surface area contributed by atoms with E-state index in [-0.39, 0.29) is 23.1 Å². The zero-order chi connectivity index (χ0) is 17.9. The predicted octanol–water partition coefficient (Wildman–Crippen LogP) is 4.11. The van der Waals surface area contributed by atoms with E-state index in [0.29, 0.717) is 5.52 Å². The second-order valence-electron chi connectivity index (χ2n) is 5.93. The van der Waals surface area contributed by atoms with Crippen molar-refractivity contribution in [2.45, 2.75) is 6.04 Å². The van der Waals surface area contributed by atoms with Crippen LogP contribution in [0.2, 0.25) is 0 Å². The lowest BCUT2D eigenvalue weighted by molar-refractivity contribution is 0.0942. The van der Waals surface area contributed by atoms with Gasteiger partial charge in [0.05, 0.1) is 6.04 Å². The first-order valence-electron chi connectivity index (χ1n) is 8.23. The van der Waals surface area contributed by atoms with Crippen molar-refractivity contribution in [3.8, 4) is 0 Å². The lowest BCUT2D eigenvalue weighted by Gasteiger charge is -2.18. The maximum atomic E-state index is 12.9. The molecule has 0 aliphatic heterocycles. The van der Waals surface area contributed by atoms with E-state index in [0.717, 1.165) is 15.8 Å². The van der Waals surface area contributed by atoms with E-state index in [2.05, 4.69) is 10.3 Å². The first kappa shape index (κ1) is 16.3. The van der Waals surface area contributed by atoms with Crippen LogP contribution in [-0.2, 0) is 0 Å². The van der Waals surface area contributed by atoms with Gasteiger partial charge in [-0.05, 0) is 34.5 Å². The van der Waals surface area contributed by atoms with Crippen molar-refractivity contribution in [2.24, 2.45) is 0 Å². The summed E-state index contributed by atoms with van der Waals surface area (Å²) >= 11 is 1.57. The van der Waals surface area contributed by atoms with E-state index in [1.54, 1.807) is 17.4 Å². The number of aromatic nitrogens is 1. The molecule has 0 saturated carbocycles. The van der Waals surface area contributed by atoms with Crippen LogP contribution in [0.15, 0.2) is 83.0 Å². The molecule has 26 heavy (non-hydrogen) atoms. The number of pyridine rings is 1. The fourth-order valence-electron chi connectivity index (χ4n) is 2.94. The van der Waals surface area contributed by atoms with Crippen molar-refractivity contribution >= 4 is 28.1 Å². The summed E-state index contributed by atoms with van der Waals surface area (Å²) in [5, 5.41) is 5.81. The molecule has 2 N–H and O–H groups in total. The van der Waals surface area contributed by atoms with Crippen molar-refractivity contribution in [1.29, 1.82) is 0 Å². The molecule has 4 rings (SSSR count). The van der Waals surface area contributed by atoms with Gasteiger partial charge in [-0.1, -0.05) is 54.6 Å². The SMILES string of the molecule is O=C(NC(c1ccccc1)c1cccs1)c1cc2ccccc2[nH]c1=O. The normalized spacial score (nSPS) is 12.0. The maximum absolute atomic E-state index is 12.9. The van der Waals surface area contributed by atoms with E-state index >= 15 is 0 Å². The number of aromatic amines is 1. The Morgan fingerprint density at radius 1 is 0.962 bits per heavy atom. The molecule has 0 spiro atoms. The largest absolute Gasteiger partial charge is 0.340 e. The molecule has 0 fully saturated rings. The molecule has 0 saturated heterocycles. The monoisotopic (exact) mass is 360 g/mol. The fraction of sp³-hybridized carbons (Fsp3) is 0.0476. The molecule has 0 radical (unpaired) electrons. The van der Waals surface area contributed by atoms with E-state index in [9.17, 15) is 9.59 Å². The van der Waals surface area contributed by atoms with Crippen LogP contribution in [0.25, 0.3) is 10.9 Å². The van der Waals surface area contributed by atoms with Crippen LogP contribution >= 0.6 is 11.3 Å². The summed E-state index contributed by atoms with van der Waals surface area (Å²) in [5.41, 5.74) is 1.41. The van der Waals surface area contributed by atoms with E-state index in [4.69, 9.17) is 0 Å². The Bertz CT molecular complexity index is 1100. The molecule has 4 nitrogen and oxygen atoms in total. The summed E-state index contributed by atoms with van der Waals surface area (Å²) in [6.45, 7) is 0. The zero-order valence-electron chi connectivity index (χ0n) is 13.8. The molecule has 1 amide bonds. The Morgan fingerprint density at radius 3 is 2.50 bits per heavy atom. The second-order valence-corrected chi connectivity index (χ2v) is 6.91. The van der Waals surface area contributed by atoms with Crippen LogP contribution < -0.4 is 10.9 Å². The highest BCUT2D eigenvalue weighted by Gasteiger charge is 2.20. The first-order valence-corrected chi connectivity index (χ1v) is 9.11. The Balaban J connectivity index is 1.71. The number of benzene rings is 2. The Labute approximate surface area is 154 Å². The number of rotatable bonds is 4. The van der Waals surface area contributed by atoms with Crippen LogP contribution in [-0.4, -0.2) is 10.9 Å². The number of thiophene rings is 1. The molecule has 5 heteroatoms. The van der Waals surface area contributed by atoms with Gasteiger partial charge in [-0.25, -0.2) is 0 Å². The van der Waals surface area contributed by atoms with E-state index < -0.39 is 0 Å². The van der Waals surface area contributed by atoms with Gasteiger partial charge in [-0.15, -0.1) is 11.3 Å². The summed E-state index contributed by atoms with van der Waals surface area (Å²) in [6.07, 6.45) is 0. The molecule has 0 bridgehead atoms. The van der Waals surface area contributed by atoms with Gasteiger partial charge < -0.3 is 10.3 Å². The maximum Gasteiger partial charge on any atom is 0.261 e. The number of para-hydroxylation sites is 1. The average Bonchev–Trinajstić information content (AvgIpc) is 3.20. The van der Waals surface area contributed by atoms with Crippen LogP contribution in [0, 0.1) is 0 Å². The summed E-state index contributed by atoms with van der Waals surface area (Å²) in [5.74, 6) is -0.390. The third-order valence-electron chi connectivity index (χ3n) is 4.23. The van der Waals surface area contributed by atoms with Gasteiger partial charge >= 0.3 is 0 Å². The second kappa shape index (κ2) is 6.98. The molecule has 1 unspecified atom stereocenters. The van der Waals surface area contributed by atoms with Crippen molar-refractivity contribution in [2.75, 3.05) is 0 Å². The van der Waals surface area contributed by atoms with Crippen LogP contribution in [0.5, 0.6) is 0 Å². The number of hydrogen-bond donors (Lipinski definition) is 2. The zero-order valence-corrected chi connectivity index (χ0v) is 14.6. The van der Waals surface area contributed by atoms with Gasteiger partial charge in [0.25, 0.3) is 11.5 Å². The Hall–Kier alpha value is -3.18. The minimum Gasteiger partial charge on any atom is -0.340 e. The minimum atomic E-state index is -0.390. The summed E-state index contributed by atoms with van der Waals surface area (Å²) in [4.78, 5) is 29.0. The lowest BCUT2D eigenvalue weighted by Crippen LogP contribution is -2.33. The highest BCUT2D eigenvalue weighted by atomic mass is 32.1. The molecular formula is C21H16N2O2S. The first-order chi connectivity index (χ1) is 12.7. The van der Waals surface area contributed by atoms with Gasteiger partial charge in [0.2, 0.25) is 0 Å². The summed E-state index contributed by atoms with van der Waals surface area (Å²) in [7, 11) is 0. The lowest BCUT2D eigenvalue weighted by atomic mass is 10.0. The molecule has 4 aromatic rings. The number of H-pyrrole nitrogens is 1. The minimum absolute atomic E-state index is 0.112. The van der Waals surface area contributed by atoms with Gasteiger partial charge in [0, 0.05) is 10.4 Å². The average molecular weight is 360 g/mol. The quantitative estimate of drug-likeness (QED) is 0.575. The van der Waals surface area contributed by atoms with Gasteiger partial charge in [0.1, 0.15) is 5.56 Å². The number of amides is 1. The Morgan fingerprint density at radius 2 is 1.73 bits per heavy atom. The molecule has 0 aliphatic carbocycles. The predicted molar refractivity (Wildman–Crippen MR) is 105 cm³/mol. The molecular weight excluding hydrogens is 344 g/mol. The third-order valence-corrected chi connectivity index (χ3v) is 5.17. The molecule has 2 heterocycles. The van der Waals surface area contributed by atoms with Gasteiger partial charge in [-0.2, -0.15) is 0 Å². The fourth-order valence-corrected chi connectivity index (χ4v) is 3.75. The molecule has 1 atom stereocenters. The highest BCUT2D eigenvalue weighted by molar-refractivity contribution is 7.10. The molecule has 128 valence electrons. The van der Waals surface area contributed by atoms with E-state index in [1.807, 2.05) is 72.1 Å². The van der Waals surface area contributed by atoms with Crippen molar-refractivity contribution in [3.63, 3.8) is 0 Å². The number of carbonyl (C=O) groups excluding carboxylic acids is 1. The van der Waals surface area contributed by atoms with Crippen LogP contribution in [0.1, 0.15) is 26.8 Å². The van der Waals surface area contributed by atoms with Crippen molar-refractivity contribution < 1.29 is 4.79 Å². The summed E-state index contributed by atoms with van der Waals surface area (Å²) < 4.78 is 0. The number of fused-ring (bicyclic) bond motifs is 1. The summed E-state index contributed by atoms with van der Waals surface area (Å²) in [6, 6.07) is 22.4. The van der Waals surface area contributed by atoms with Crippen LogP contribution in [0.4, 0.5) is 0 Å². The number of hydrogen-bond acceptors (Lipinski definition) is 3. The molecule has 2 aromatic carbocycles. The van der Waals surface area contributed by atoms with Crippen molar-refractivity contribution in [3.05, 3.63) is 105 Å². The van der Waals surface area contributed by atoms with E-state index in [1.165, 1.54) is 0 Å². The van der Waals surface area contributed by atoms with Gasteiger partial charge in [0.15, 0.2) is 0 Å². The number of carbonyl (C=O) groups is 1. The topological polar surface area (TPSA) is 62.0 Å². The number of nitrogens with one attached hydrogen (secondary N) is 2. The third kappa shape index (κ3) is 3.17. The standard InChI is InChI=1S/C21H16N2O2S/c24-20-16(13-15-9-4-5-10-17(15)22-20)21(25)23-19(18-11-6-12-26-18)14-7-2-1-3-8-14/h1-13,19H,(H,22,24)(H,23,25). The highest BCUT2D eigenvalue weighted by Crippen LogP contribution is 2.26. The smallest absolute Gasteiger partial charge is 0.261 e. The van der Waals surface area contributed by atoms with Gasteiger partial charge in [-0.3, -0.25) is 9.59 Å².